The van der Waals surface area contributed by atoms with Gasteiger partial charge in [-0.2, -0.15) is 0 Å². The maximum Gasteiger partial charge on any atom is 0.290 e. The highest BCUT2D eigenvalue weighted by atomic mass is 15.2. The molecule has 0 bridgehead atoms. The monoisotopic (exact) mass is 315 g/mol. The average molecular weight is 315 g/mol. The minimum absolute atomic E-state index is 0.0479. The zero-order valence-corrected chi connectivity index (χ0v) is 14.6. The summed E-state index contributed by atoms with van der Waals surface area (Å²) in [6, 6.07) is 17.8. The Kier molecular flexibility index (Phi) is 2.56. The summed E-state index contributed by atoms with van der Waals surface area (Å²) in [5, 5.41) is 0. The predicted molar refractivity (Wildman–Crippen MR) is 97.9 cm³/mol. The number of aryl methyl sites for hydroxylation is 1. The van der Waals surface area contributed by atoms with Gasteiger partial charge in [0.1, 0.15) is 5.54 Å². The predicted octanol–water partition coefficient (Wildman–Crippen LogP) is 4.47. The number of hydrogen-bond donors (Lipinski definition) is 0. The average Bonchev–Trinajstić information content (AvgIpc) is 2.90. The van der Waals surface area contributed by atoms with Crippen molar-refractivity contribution in [3.8, 4) is 11.4 Å². The molecule has 120 valence electrons. The van der Waals surface area contributed by atoms with Crippen molar-refractivity contribution in [2.75, 3.05) is 0 Å². The van der Waals surface area contributed by atoms with E-state index in [1.165, 1.54) is 28.0 Å². The van der Waals surface area contributed by atoms with Crippen LogP contribution in [0.1, 0.15) is 32.3 Å². The zero-order chi connectivity index (χ0) is 16.5. The Hall–Kier alpha value is -2.35. The van der Waals surface area contributed by atoms with Gasteiger partial charge in [-0.3, -0.25) is 0 Å². The van der Waals surface area contributed by atoms with E-state index in [9.17, 15) is 0 Å². The SMILES string of the molecule is CCC12C=CC1(CC)n1c([n+](C)c3ccccc31)-c1ccccc12. The number of aromatic nitrogens is 2. The highest BCUT2D eigenvalue weighted by Gasteiger charge is 2.63. The minimum atomic E-state index is 0.0479. The number of benzene rings is 2. The smallest absolute Gasteiger partial charge is 0.226 e. The molecule has 24 heavy (non-hydrogen) atoms. The number of imidazole rings is 1. The molecule has 2 aromatic carbocycles. The zero-order valence-electron chi connectivity index (χ0n) is 14.6. The number of allylic oxidation sites excluding steroid dienone is 2. The van der Waals surface area contributed by atoms with E-state index >= 15 is 0 Å². The summed E-state index contributed by atoms with van der Waals surface area (Å²) in [6.07, 6.45) is 7.14. The molecule has 0 radical (unpaired) electrons. The molecule has 0 saturated carbocycles. The molecule has 2 aliphatic rings. The van der Waals surface area contributed by atoms with E-state index in [2.05, 4.69) is 90.7 Å². The van der Waals surface area contributed by atoms with Crippen LogP contribution in [0.3, 0.4) is 0 Å². The summed E-state index contributed by atoms with van der Waals surface area (Å²) in [4.78, 5) is 0. The normalized spacial score (nSPS) is 26.6. The molecule has 2 nitrogen and oxygen atoms in total. The Bertz CT molecular complexity index is 1010. The second-order valence-corrected chi connectivity index (χ2v) is 7.19. The van der Waals surface area contributed by atoms with Gasteiger partial charge in [-0.15, -0.1) is 0 Å². The van der Waals surface area contributed by atoms with Gasteiger partial charge in [-0.25, -0.2) is 9.13 Å². The fraction of sp³-hybridized carbons (Fsp3) is 0.318. The second kappa shape index (κ2) is 4.38. The van der Waals surface area contributed by atoms with Gasteiger partial charge in [0, 0.05) is 0 Å². The third-order valence-electron chi connectivity index (χ3n) is 6.57. The molecule has 2 heteroatoms. The highest BCUT2D eigenvalue weighted by Crippen LogP contribution is 2.60. The van der Waals surface area contributed by atoms with E-state index < -0.39 is 0 Å². The molecule has 2 atom stereocenters. The van der Waals surface area contributed by atoms with Gasteiger partial charge in [-0.05, 0) is 42.7 Å². The topological polar surface area (TPSA) is 8.81 Å². The third-order valence-corrected chi connectivity index (χ3v) is 6.57. The lowest BCUT2D eigenvalue weighted by atomic mass is 9.52. The first kappa shape index (κ1) is 14.0. The standard InChI is InChI=1S/C22H23N2/c1-4-21-14-15-22(21,5-2)24-19-13-9-8-12-18(19)23(3)20(24)16-10-6-7-11-17(16)21/h6-15H,4-5H2,1-3H3/q+1. The van der Waals surface area contributed by atoms with Crippen LogP contribution in [-0.4, -0.2) is 4.57 Å². The van der Waals surface area contributed by atoms with Crippen molar-refractivity contribution in [1.29, 1.82) is 0 Å². The number of fused-ring (bicyclic) bond motifs is 8. The summed E-state index contributed by atoms with van der Waals surface area (Å²) in [5.74, 6) is 1.34. The summed E-state index contributed by atoms with van der Waals surface area (Å²) in [6.45, 7) is 4.67. The first-order chi connectivity index (χ1) is 11.7. The van der Waals surface area contributed by atoms with Gasteiger partial charge < -0.3 is 0 Å². The Balaban J connectivity index is 2.04. The highest BCUT2D eigenvalue weighted by molar-refractivity contribution is 5.81. The molecule has 1 aromatic heterocycles. The van der Waals surface area contributed by atoms with Gasteiger partial charge >= 0.3 is 0 Å². The van der Waals surface area contributed by atoms with Crippen LogP contribution in [0.2, 0.25) is 0 Å². The molecule has 0 spiro atoms. The van der Waals surface area contributed by atoms with Crippen molar-refractivity contribution >= 4 is 11.0 Å². The number of para-hydroxylation sites is 2. The lowest BCUT2D eigenvalue weighted by Gasteiger charge is -2.54. The van der Waals surface area contributed by atoms with Crippen molar-refractivity contribution in [3.05, 3.63) is 66.2 Å². The van der Waals surface area contributed by atoms with Crippen molar-refractivity contribution in [1.82, 2.24) is 4.57 Å². The number of rotatable bonds is 2. The van der Waals surface area contributed by atoms with Gasteiger partial charge in [0.05, 0.1) is 18.0 Å². The van der Waals surface area contributed by atoms with Crippen LogP contribution in [0.15, 0.2) is 60.7 Å². The summed E-state index contributed by atoms with van der Waals surface area (Å²) >= 11 is 0. The number of nitrogens with zero attached hydrogens (tertiary/aromatic N) is 2. The first-order valence-corrected chi connectivity index (χ1v) is 9.00. The van der Waals surface area contributed by atoms with Crippen molar-refractivity contribution in [3.63, 3.8) is 0 Å². The number of hydrogen-bond acceptors (Lipinski definition) is 0. The Labute approximate surface area is 143 Å². The van der Waals surface area contributed by atoms with Crippen molar-refractivity contribution in [2.24, 2.45) is 7.05 Å². The Morgan fingerprint density at radius 3 is 2.38 bits per heavy atom. The van der Waals surface area contributed by atoms with Gasteiger partial charge in [0.2, 0.25) is 0 Å². The first-order valence-electron chi connectivity index (χ1n) is 9.00. The molecular formula is C22H23N2+. The molecule has 0 N–H and O–H groups in total. The van der Waals surface area contributed by atoms with E-state index in [1.807, 2.05) is 0 Å². The van der Waals surface area contributed by atoms with Gasteiger partial charge in [-0.1, -0.05) is 50.3 Å². The maximum atomic E-state index is 2.62. The van der Waals surface area contributed by atoms with E-state index in [1.54, 1.807) is 0 Å². The third kappa shape index (κ3) is 1.26. The lowest BCUT2D eigenvalue weighted by Crippen LogP contribution is -2.59. The van der Waals surface area contributed by atoms with E-state index in [4.69, 9.17) is 0 Å². The second-order valence-electron chi connectivity index (χ2n) is 7.19. The molecule has 2 heterocycles. The van der Waals surface area contributed by atoms with Crippen molar-refractivity contribution < 1.29 is 4.57 Å². The van der Waals surface area contributed by atoms with Crippen LogP contribution in [0, 0.1) is 0 Å². The van der Waals surface area contributed by atoms with Crippen LogP contribution in [-0.2, 0) is 18.0 Å². The van der Waals surface area contributed by atoms with Crippen LogP contribution in [0.5, 0.6) is 0 Å². The van der Waals surface area contributed by atoms with Crippen LogP contribution in [0.4, 0.5) is 0 Å². The molecule has 1 aliphatic carbocycles. The molecule has 0 saturated heterocycles. The Morgan fingerprint density at radius 2 is 1.67 bits per heavy atom. The maximum absolute atomic E-state index is 2.62. The molecule has 0 fully saturated rings. The molecule has 3 aromatic rings. The largest absolute Gasteiger partial charge is 0.290 e. The Morgan fingerprint density at radius 1 is 0.917 bits per heavy atom. The summed E-state index contributed by atoms with van der Waals surface area (Å²) in [5.41, 5.74) is 5.68. The summed E-state index contributed by atoms with van der Waals surface area (Å²) in [7, 11) is 2.20. The van der Waals surface area contributed by atoms with E-state index in [0.29, 0.717) is 0 Å². The molecule has 2 unspecified atom stereocenters. The van der Waals surface area contributed by atoms with E-state index in [0.717, 1.165) is 12.8 Å². The minimum Gasteiger partial charge on any atom is -0.226 e. The molecule has 0 amide bonds. The molecule has 1 aliphatic heterocycles. The van der Waals surface area contributed by atoms with Crippen molar-refractivity contribution in [2.45, 2.75) is 37.6 Å². The van der Waals surface area contributed by atoms with Gasteiger partial charge in [0.25, 0.3) is 5.82 Å². The molecular weight excluding hydrogens is 292 g/mol. The van der Waals surface area contributed by atoms with Crippen LogP contribution < -0.4 is 4.57 Å². The van der Waals surface area contributed by atoms with Crippen LogP contribution >= 0.6 is 0 Å². The molecule has 5 rings (SSSR count). The quantitative estimate of drug-likeness (QED) is 0.487. The summed E-state index contributed by atoms with van der Waals surface area (Å²) < 4.78 is 4.99. The lowest BCUT2D eigenvalue weighted by molar-refractivity contribution is -0.634. The fourth-order valence-corrected chi connectivity index (χ4v) is 5.37. The van der Waals surface area contributed by atoms with E-state index in [-0.39, 0.29) is 11.0 Å². The van der Waals surface area contributed by atoms with Gasteiger partial charge in [0.15, 0.2) is 11.0 Å². The van der Waals surface area contributed by atoms with Crippen LogP contribution in [0.25, 0.3) is 22.4 Å². The fourth-order valence-electron chi connectivity index (χ4n) is 5.37.